The average molecular weight is 219 g/mol. The highest BCUT2D eigenvalue weighted by Gasteiger charge is 2.10. The number of amides is 1. The highest BCUT2D eigenvalue weighted by Crippen LogP contribution is 2.17. The quantitative estimate of drug-likeness (QED) is 0.792. The fraction of sp³-hybridized carbons (Fsp3) is 0.500. The Morgan fingerprint density at radius 2 is 2.50 bits per heavy atom. The monoisotopic (exact) mass is 218 g/mol. The lowest BCUT2D eigenvalue weighted by Gasteiger charge is -1.98. The molecular formula is C8H11ClN2O3. The third kappa shape index (κ3) is 2.92. The van der Waals surface area contributed by atoms with Gasteiger partial charge in [-0.3, -0.25) is 5.32 Å². The van der Waals surface area contributed by atoms with Crippen LogP contribution in [0.5, 0.6) is 0 Å². The summed E-state index contributed by atoms with van der Waals surface area (Å²) in [4.78, 5) is 10.9. The van der Waals surface area contributed by atoms with Gasteiger partial charge >= 0.3 is 6.09 Å². The van der Waals surface area contributed by atoms with Crippen LogP contribution in [0.15, 0.2) is 10.6 Å². The maximum atomic E-state index is 10.9. The van der Waals surface area contributed by atoms with Gasteiger partial charge in [0.25, 0.3) is 0 Å². The van der Waals surface area contributed by atoms with Crippen molar-refractivity contribution in [2.75, 3.05) is 11.4 Å². The maximum Gasteiger partial charge on any atom is 0.415 e. The summed E-state index contributed by atoms with van der Waals surface area (Å²) in [6, 6.07) is 1.44. The molecule has 5 nitrogen and oxygen atoms in total. The van der Waals surface area contributed by atoms with Crippen LogP contribution in [0.3, 0.4) is 0 Å². The van der Waals surface area contributed by atoms with E-state index in [2.05, 4.69) is 15.2 Å². The molecule has 1 aromatic heterocycles. The van der Waals surface area contributed by atoms with E-state index in [4.69, 9.17) is 16.1 Å². The van der Waals surface area contributed by atoms with Gasteiger partial charge in [0.1, 0.15) is 0 Å². The Morgan fingerprint density at radius 1 is 1.79 bits per heavy atom. The van der Waals surface area contributed by atoms with Crippen molar-refractivity contribution >= 4 is 23.6 Å². The number of hydrogen-bond donors (Lipinski definition) is 1. The highest BCUT2D eigenvalue weighted by atomic mass is 35.5. The first-order chi connectivity index (χ1) is 6.63. The first-order valence-electron chi connectivity index (χ1n) is 4.10. The average Bonchev–Trinajstić information content (AvgIpc) is 2.53. The van der Waals surface area contributed by atoms with Gasteiger partial charge in [0, 0.05) is 6.07 Å². The van der Waals surface area contributed by atoms with Gasteiger partial charge in [0.2, 0.25) is 5.88 Å². The number of alkyl halides is 1. The number of ether oxygens (including phenoxy) is 1. The Bertz CT molecular complexity index is 311. The molecule has 78 valence electrons. The second kappa shape index (κ2) is 4.85. The molecule has 0 aliphatic rings. The van der Waals surface area contributed by atoms with Crippen molar-refractivity contribution in [1.29, 1.82) is 0 Å². The minimum atomic E-state index is -0.661. The van der Waals surface area contributed by atoms with E-state index in [0.717, 1.165) is 5.69 Å². The van der Waals surface area contributed by atoms with Gasteiger partial charge in [-0.15, -0.1) is 0 Å². The standard InChI is InChI=1S/C8H11ClN2O3/c1-5(2)6-3-7(14-11-6)10-8(12)13-4-9/h3,5H,4H2,1-2H3,(H,10,12). The molecule has 1 heterocycles. The molecule has 0 atom stereocenters. The first kappa shape index (κ1) is 10.8. The Kier molecular flexibility index (Phi) is 3.76. The van der Waals surface area contributed by atoms with Crippen LogP contribution >= 0.6 is 11.6 Å². The van der Waals surface area contributed by atoms with Crippen molar-refractivity contribution in [3.05, 3.63) is 11.8 Å². The molecule has 1 amide bonds. The lowest BCUT2D eigenvalue weighted by molar-refractivity contribution is 0.179. The third-order valence-corrected chi connectivity index (χ3v) is 1.64. The molecular weight excluding hydrogens is 208 g/mol. The summed E-state index contributed by atoms with van der Waals surface area (Å²) < 4.78 is 9.28. The largest absolute Gasteiger partial charge is 0.433 e. The van der Waals surface area contributed by atoms with Crippen molar-refractivity contribution in [3.63, 3.8) is 0 Å². The summed E-state index contributed by atoms with van der Waals surface area (Å²) in [5.41, 5.74) is 0.770. The molecule has 0 aromatic carbocycles. The van der Waals surface area contributed by atoms with Gasteiger partial charge in [-0.2, -0.15) is 0 Å². The normalized spacial score (nSPS) is 10.3. The highest BCUT2D eigenvalue weighted by molar-refractivity contribution is 6.17. The Hall–Kier alpha value is -1.23. The van der Waals surface area contributed by atoms with Crippen LogP contribution in [0.25, 0.3) is 0 Å². The zero-order chi connectivity index (χ0) is 10.6. The van der Waals surface area contributed by atoms with E-state index in [0.29, 0.717) is 0 Å². The number of hydrogen-bond acceptors (Lipinski definition) is 4. The van der Waals surface area contributed by atoms with Gasteiger partial charge < -0.3 is 9.26 Å². The van der Waals surface area contributed by atoms with Crippen molar-refractivity contribution in [2.45, 2.75) is 19.8 Å². The maximum absolute atomic E-state index is 10.9. The molecule has 0 aliphatic heterocycles. The lowest BCUT2D eigenvalue weighted by atomic mass is 10.1. The fourth-order valence-electron chi connectivity index (χ4n) is 0.806. The van der Waals surface area contributed by atoms with Gasteiger partial charge in [-0.25, -0.2) is 4.79 Å². The van der Waals surface area contributed by atoms with Crippen molar-refractivity contribution in [1.82, 2.24) is 5.16 Å². The molecule has 0 bridgehead atoms. The number of anilines is 1. The molecule has 1 aromatic rings. The number of carbonyl (C=O) groups is 1. The van der Waals surface area contributed by atoms with E-state index in [1.807, 2.05) is 13.8 Å². The topological polar surface area (TPSA) is 64.4 Å². The zero-order valence-corrected chi connectivity index (χ0v) is 8.67. The fourth-order valence-corrected chi connectivity index (χ4v) is 0.905. The lowest BCUT2D eigenvalue weighted by Crippen LogP contribution is -2.11. The second-order valence-electron chi connectivity index (χ2n) is 2.94. The Balaban J connectivity index is 2.55. The van der Waals surface area contributed by atoms with Crippen LogP contribution in [0.1, 0.15) is 25.5 Å². The molecule has 14 heavy (non-hydrogen) atoms. The van der Waals surface area contributed by atoms with Crippen LogP contribution in [-0.4, -0.2) is 17.3 Å². The van der Waals surface area contributed by atoms with Gasteiger partial charge in [0.15, 0.2) is 6.07 Å². The van der Waals surface area contributed by atoms with Crippen molar-refractivity contribution in [2.24, 2.45) is 0 Å². The van der Waals surface area contributed by atoms with E-state index in [-0.39, 0.29) is 17.9 Å². The predicted octanol–water partition coefficient (Wildman–Crippen LogP) is 2.54. The van der Waals surface area contributed by atoms with Crippen LogP contribution in [0.4, 0.5) is 10.7 Å². The van der Waals surface area contributed by atoms with Gasteiger partial charge in [-0.05, 0) is 5.92 Å². The summed E-state index contributed by atoms with van der Waals surface area (Å²) in [6.07, 6.45) is -0.661. The minimum Gasteiger partial charge on any atom is -0.433 e. The molecule has 0 spiro atoms. The minimum absolute atomic E-state index is 0.197. The zero-order valence-electron chi connectivity index (χ0n) is 7.91. The van der Waals surface area contributed by atoms with Crippen LogP contribution in [-0.2, 0) is 4.74 Å². The van der Waals surface area contributed by atoms with Gasteiger partial charge in [0.05, 0.1) is 5.69 Å². The van der Waals surface area contributed by atoms with Crippen molar-refractivity contribution < 1.29 is 14.1 Å². The van der Waals surface area contributed by atoms with Crippen LogP contribution < -0.4 is 5.32 Å². The number of rotatable bonds is 3. The molecule has 0 saturated carbocycles. The molecule has 0 saturated heterocycles. The molecule has 0 unspecified atom stereocenters. The second-order valence-corrected chi connectivity index (χ2v) is 3.15. The third-order valence-electron chi connectivity index (χ3n) is 1.53. The first-order valence-corrected chi connectivity index (χ1v) is 4.63. The number of aromatic nitrogens is 1. The van der Waals surface area contributed by atoms with Gasteiger partial charge in [-0.1, -0.05) is 30.6 Å². The summed E-state index contributed by atoms with van der Waals surface area (Å²) in [5, 5.41) is 6.09. The van der Waals surface area contributed by atoms with E-state index in [1.165, 1.54) is 0 Å². The van der Waals surface area contributed by atoms with Crippen molar-refractivity contribution in [3.8, 4) is 0 Å². The summed E-state index contributed by atoms with van der Waals surface area (Å²) in [6.45, 7) is 3.94. The molecule has 1 rings (SSSR count). The van der Waals surface area contributed by atoms with E-state index >= 15 is 0 Å². The van der Waals surface area contributed by atoms with E-state index in [9.17, 15) is 4.79 Å². The molecule has 6 heteroatoms. The SMILES string of the molecule is CC(C)c1cc(NC(=O)OCCl)on1. The van der Waals surface area contributed by atoms with Crippen LogP contribution in [0.2, 0.25) is 0 Å². The molecule has 0 radical (unpaired) electrons. The summed E-state index contributed by atoms with van der Waals surface area (Å²) in [7, 11) is 0. The number of halogens is 1. The molecule has 1 N–H and O–H groups in total. The number of nitrogens with one attached hydrogen (secondary N) is 1. The number of carbonyl (C=O) groups excluding carboxylic acids is 1. The van der Waals surface area contributed by atoms with Crippen LogP contribution in [0, 0.1) is 0 Å². The Labute approximate surface area is 86.3 Å². The van der Waals surface area contributed by atoms with E-state index < -0.39 is 6.09 Å². The predicted molar refractivity (Wildman–Crippen MR) is 51.4 cm³/mol. The smallest absolute Gasteiger partial charge is 0.415 e. The van der Waals surface area contributed by atoms with E-state index in [1.54, 1.807) is 6.07 Å². The summed E-state index contributed by atoms with van der Waals surface area (Å²) >= 11 is 5.19. The molecule has 0 aliphatic carbocycles. The Morgan fingerprint density at radius 3 is 3.00 bits per heavy atom. The summed E-state index contributed by atoms with van der Waals surface area (Å²) in [5.74, 6) is 0.502. The number of nitrogens with zero attached hydrogens (tertiary/aromatic N) is 1. The molecule has 0 fully saturated rings.